The van der Waals surface area contributed by atoms with E-state index in [1.165, 1.54) is 6.33 Å². The predicted octanol–water partition coefficient (Wildman–Crippen LogP) is 0.878. The predicted molar refractivity (Wildman–Crippen MR) is 70.2 cm³/mol. The molecule has 0 aromatic carbocycles. The molecule has 1 aliphatic rings. The molecule has 1 aromatic rings. The number of anilines is 2. The van der Waals surface area contributed by atoms with Crippen LogP contribution in [-0.4, -0.2) is 47.4 Å². The number of hydrogen-bond acceptors (Lipinski definition) is 6. The van der Waals surface area contributed by atoms with Crippen molar-refractivity contribution in [2.75, 3.05) is 37.0 Å². The van der Waals surface area contributed by atoms with E-state index in [1.807, 2.05) is 18.7 Å². The van der Waals surface area contributed by atoms with Gasteiger partial charge in [-0.2, -0.15) is 0 Å². The van der Waals surface area contributed by atoms with Crippen molar-refractivity contribution < 1.29 is 9.84 Å². The number of nitrogens with one attached hydrogen (secondary N) is 1. The van der Waals surface area contributed by atoms with Crippen LogP contribution in [0, 0.1) is 0 Å². The first kappa shape index (κ1) is 12.9. The second-order valence-electron chi connectivity index (χ2n) is 4.78. The summed E-state index contributed by atoms with van der Waals surface area (Å²) in [4.78, 5) is 10.5. The highest BCUT2D eigenvalue weighted by Gasteiger charge is 2.33. The van der Waals surface area contributed by atoms with Crippen LogP contribution in [0.1, 0.15) is 20.3 Å². The van der Waals surface area contributed by atoms with E-state index in [4.69, 9.17) is 4.74 Å². The summed E-state index contributed by atoms with van der Waals surface area (Å²) in [6.45, 7) is 5.94. The molecule has 1 aromatic heterocycles. The third-order valence-electron chi connectivity index (χ3n) is 3.08. The fourth-order valence-electron chi connectivity index (χ4n) is 2.20. The van der Waals surface area contributed by atoms with Gasteiger partial charge in [0.25, 0.3) is 0 Å². The van der Waals surface area contributed by atoms with Gasteiger partial charge in [-0.15, -0.1) is 0 Å². The molecule has 0 radical (unpaired) electrons. The van der Waals surface area contributed by atoms with Crippen molar-refractivity contribution in [1.29, 1.82) is 0 Å². The molecule has 100 valence electrons. The standard InChI is InChI=1S/C12H20N4O2/c1-4-13-10-9(18-3)11(15-8-14-10)16-6-5-12(2,17)7-16/h8,17H,4-7H2,1-3H3,(H,13,14,15). The van der Waals surface area contributed by atoms with Crippen LogP contribution in [0.2, 0.25) is 0 Å². The highest BCUT2D eigenvalue weighted by atomic mass is 16.5. The molecular formula is C12H20N4O2. The number of rotatable bonds is 4. The number of nitrogens with zero attached hydrogens (tertiary/aromatic N) is 3. The third kappa shape index (κ3) is 2.48. The average Bonchev–Trinajstić information content (AvgIpc) is 2.70. The fourth-order valence-corrected chi connectivity index (χ4v) is 2.20. The van der Waals surface area contributed by atoms with Crippen molar-refractivity contribution in [3.05, 3.63) is 6.33 Å². The number of β-amino-alcohol motifs (C(OH)–C–C–N with tert-alkyl or cyclic N) is 1. The average molecular weight is 252 g/mol. The molecule has 0 saturated carbocycles. The zero-order valence-corrected chi connectivity index (χ0v) is 11.1. The summed E-state index contributed by atoms with van der Waals surface area (Å²) in [5.41, 5.74) is -0.658. The molecular weight excluding hydrogens is 232 g/mol. The summed E-state index contributed by atoms with van der Waals surface area (Å²) in [6.07, 6.45) is 2.25. The SMILES string of the molecule is CCNc1ncnc(N2CCC(C)(O)C2)c1OC. The van der Waals surface area contributed by atoms with Gasteiger partial charge in [0.2, 0.25) is 5.75 Å². The van der Waals surface area contributed by atoms with Crippen molar-refractivity contribution >= 4 is 11.6 Å². The Morgan fingerprint density at radius 2 is 2.33 bits per heavy atom. The maximum absolute atomic E-state index is 10.0. The van der Waals surface area contributed by atoms with Crippen LogP contribution < -0.4 is 15.0 Å². The van der Waals surface area contributed by atoms with Crippen molar-refractivity contribution in [3.63, 3.8) is 0 Å². The summed E-state index contributed by atoms with van der Waals surface area (Å²) in [7, 11) is 1.61. The number of methoxy groups -OCH3 is 1. The third-order valence-corrected chi connectivity index (χ3v) is 3.08. The zero-order chi connectivity index (χ0) is 13.2. The molecule has 1 saturated heterocycles. The molecule has 2 N–H and O–H groups in total. The molecule has 6 heteroatoms. The molecule has 2 rings (SSSR count). The van der Waals surface area contributed by atoms with Crippen molar-refractivity contribution in [2.45, 2.75) is 25.9 Å². The van der Waals surface area contributed by atoms with Crippen LogP contribution in [0.3, 0.4) is 0 Å². The molecule has 0 aliphatic carbocycles. The van der Waals surface area contributed by atoms with Crippen LogP contribution >= 0.6 is 0 Å². The lowest BCUT2D eigenvalue weighted by Crippen LogP contribution is -2.30. The quantitative estimate of drug-likeness (QED) is 0.829. The van der Waals surface area contributed by atoms with Crippen LogP contribution in [0.5, 0.6) is 5.75 Å². The van der Waals surface area contributed by atoms with Gasteiger partial charge in [0, 0.05) is 19.6 Å². The lowest BCUT2D eigenvalue weighted by Gasteiger charge is -2.22. The van der Waals surface area contributed by atoms with Gasteiger partial charge >= 0.3 is 0 Å². The molecule has 0 spiro atoms. The topological polar surface area (TPSA) is 70.5 Å². The number of aromatic nitrogens is 2. The van der Waals surface area contributed by atoms with Gasteiger partial charge in [0.05, 0.1) is 12.7 Å². The Bertz CT molecular complexity index is 423. The van der Waals surface area contributed by atoms with E-state index in [0.29, 0.717) is 18.1 Å². The van der Waals surface area contributed by atoms with E-state index in [9.17, 15) is 5.11 Å². The van der Waals surface area contributed by atoms with Gasteiger partial charge in [-0.05, 0) is 20.3 Å². The van der Waals surface area contributed by atoms with Crippen molar-refractivity contribution in [1.82, 2.24) is 9.97 Å². The van der Waals surface area contributed by atoms with Crippen LogP contribution in [-0.2, 0) is 0 Å². The van der Waals surface area contributed by atoms with Gasteiger partial charge in [-0.1, -0.05) is 0 Å². The minimum atomic E-state index is -0.658. The lowest BCUT2D eigenvalue weighted by molar-refractivity contribution is 0.0838. The summed E-state index contributed by atoms with van der Waals surface area (Å²) in [5, 5.41) is 13.2. The number of ether oxygens (including phenoxy) is 1. The van der Waals surface area contributed by atoms with Crippen LogP contribution in [0.25, 0.3) is 0 Å². The van der Waals surface area contributed by atoms with Crippen molar-refractivity contribution in [3.8, 4) is 5.75 Å². The summed E-state index contributed by atoms with van der Waals surface area (Å²) < 4.78 is 5.40. The molecule has 1 fully saturated rings. The highest BCUT2D eigenvalue weighted by molar-refractivity contribution is 5.65. The maximum Gasteiger partial charge on any atom is 0.204 e. The first-order valence-corrected chi connectivity index (χ1v) is 6.17. The molecule has 0 amide bonds. The molecule has 0 bridgehead atoms. The summed E-state index contributed by atoms with van der Waals surface area (Å²) >= 11 is 0. The summed E-state index contributed by atoms with van der Waals surface area (Å²) in [6, 6.07) is 0. The molecule has 2 heterocycles. The van der Waals surface area contributed by atoms with E-state index in [1.54, 1.807) is 7.11 Å². The Kier molecular flexibility index (Phi) is 3.56. The normalized spacial score (nSPS) is 23.2. The smallest absolute Gasteiger partial charge is 0.204 e. The highest BCUT2D eigenvalue weighted by Crippen LogP contribution is 2.35. The Morgan fingerprint density at radius 3 is 2.89 bits per heavy atom. The van der Waals surface area contributed by atoms with Gasteiger partial charge < -0.3 is 20.1 Å². The van der Waals surface area contributed by atoms with E-state index in [2.05, 4.69) is 15.3 Å². The zero-order valence-electron chi connectivity index (χ0n) is 11.1. The van der Waals surface area contributed by atoms with Gasteiger partial charge in [-0.3, -0.25) is 0 Å². The van der Waals surface area contributed by atoms with E-state index >= 15 is 0 Å². The lowest BCUT2D eigenvalue weighted by atomic mass is 10.1. The minimum absolute atomic E-state index is 0.561. The molecule has 1 aliphatic heterocycles. The second kappa shape index (κ2) is 4.97. The maximum atomic E-state index is 10.0. The Labute approximate surface area is 107 Å². The molecule has 6 nitrogen and oxygen atoms in total. The molecule has 18 heavy (non-hydrogen) atoms. The molecule has 1 atom stereocenters. The Hall–Kier alpha value is -1.56. The monoisotopic (exact) mass is 252 g/mol. The Morgan fingerprint density at radius 1 is 1.56 bits per heavy atom. The van der Waals surface area contributed by atoms with Gasteiger partial charge in [0.1, 0.15) is 6.33 Å². The van der Waals surface area contributed by atoms with Crippen LogP contribution in [0.15, 0.2) is 6.33 Å². The number of hydrogen-bond donors (Lipinski definition) is 2. The summed E-state index contributed by atoms with van der Waals surface area (Å²) in [5.74, 6) is 2.06. The van der Waals surface area contributed by atoms with Crippen LogP contribution in [0.4, 0.5) is 11.6 Å². The minimum Gasteiger partial charge on any atom is -0.490 e. The first-order chi connectivity index (χ1) is 8.57. The van der Waals surface area contributed by atoms with Crippen molar-refractivity contribution in [2.24, 2.45) is 0 Å². The second-order valence-corrected chi connectivity index (χ2v) is 4.78. The first-order valence-electron chi connectivity index (χ1n) is 6.17. The fraction of sp³-hybridized carbons (Fsp3) is 0.667. The van der Waals surface area contributed by atoms with Gasteiger partial charge in [0.15, 0.2) is 11.6 Å². The van der Waals surface area contributed by atoms with E-state index in [-0.39, 0.29) is 0 Å². The van der Waals surface area contributed by atoms with E-state index in [0.717, 1.165) is 25.3 Å². The number of aliphatic hydroxyl groups is 1. The largest absolute Gasteiger partial charge is 0.490 e. The molecule has 1 unspecified atom stereocenters. The Balaban J connectivity index is 2.30. The van der Waals surface area contributed by atoms with Gasteiger partial charge in [-0.25, -0.2) is 9.97 Å². The van der Waals surface area contributed by atoms with E-state index < -0.39 is 5.60 Å².